The molecule has 1 aromatic heterocycles. The maximum Gasteiger partial charge on any atom is 0.329 e. The minimum atomic E-state index is -1.14. The molecule has 1 aromatic carbocycles. The molecule has 0 saturated carbocycles. The standard InChI is InChI=1S/C22H26N2O5S/c1-13-3-6-15(7-4-13)10-23-21(28)20-16-8-5-14(2)9-17(16)30-22(20)24-18(25)11-29-12-19(26)27/h3-4,6-7,14H,5,8-12H2,1-2H3,(H,23,28)(H,24,25)(H,26,27). The number of hydrogen-bond donors (Lipinski definition) is 3. The van der Waals surface area contributed by atoms with Gasteiger partial charge in [0.05, 0.1) is 5.56 Å². The van der Waals surface area contributed by atoms with Gasteiger partial charge in [-0.1, -0.05) is 36.8 Å². The summed E-state index contributed by atoms with van der Waals surface area (Å²) in [5.74, 6) is -1.30. The summed E-state index contributed by atoms with van der Waals surface area (Å²) < 4.78 is 4.86. The molecule has 7 nitrogen and oxygen atoms in total. The molecular formula is C22H26N2O5S. The van der Waals surface area contributed by atoms with Gasteiger partial charge in [-0.25, -0.2) is 4.79 Å². The average Bonchev–Trinajstić information content (AvgIpc) is 3.03. The molecular weight excluding hydrogens is 404 g/mol. The number of aryl methyl sites for hydroxylation is 1. The highest BCUT2D eigenvalue weighted by Crippen LogP contribution is 2.39. The van der Waals surface area contributed by atoms with Crippen molar-refractivity contribution >= 4 is 34.1 Å². The molecule has 1 atom stereocenters. The Kier molecular flexibility index (Phi) is 7.23. The minimum absolute atomic E-state index is 0.218. The van der Waals surface area contributed by atoms with Gasteiger partial charge in [0.25, 0.3) is 11.8 Å². The van der Waals surface area contributed by atoms with Crippen molar-refractivity contribution < 1.29 is 24.2 Å². The number of anilines is 1. The van der Waals surface area contributed by atoms with Gasteiger partial charge in [-0.2, -0.15) is 0 Å². The number of carbonyl (C=O) groups is 3. The highest BCUT2D eigenvalue weighted by molar-refractivity contribution is 7.17. The fourth-order valence-corrected chi connectivity index (χ4v) is 4.87. The van der Waals surface area contributed by atoms with E-state index in [0.29, 0.717) is 23.0 Å². The topological polar surface area (TPSA) is 105 Å². The number of amides is 2. The molecule has 0 saturated heterocycles. The van der Waals surface area contributed by atoms with Gasteiger partial charge in [-0.3, -0.25) is 9.59 Å². The van der Waals surface area contributed by atoms with Crippen LogP contribution in [0, 0.1) is 12.8 Å². The van der Waals surface area contributed by atoms with Crippen molar-refractivity contribution in [3.8, 4) is 0 Å². The summed E-state index contributed by atoms with van der Waals surface area (Å²) in [5.41, 5.74) is 3.67. The van der Waals surface area contributed by atoms with Gasteiger partial charge in [0.15, 0.2) is 0 Å². The molecule has 2 aromatic rings. The molecule has 0 aliphatic heterocycles. The third-order valence-electron chi connectivity index (χ3n) is 5.02. The van der Waals surface area contributed by atoms with Crippen LogP contribution in [-0.2, 0) is 33.7 Å². The highest BCUT2D eigenvalue weighted by Gasteiger charge is 2.28. The van der Waals surface area contributed by atoms with Crippen molar-refractivity contribution in [2.75, 3.05) is 18.5 Å². The molecule has 160 valence electrons. The van der Waals surface area contributed by atoms with Crippen molar-refractivity contribution in [1.82, 2.24) is 5.32 Å². The van der Waals surface area contributed by atoms with Crippen LogP contribution in [0.5, 0.6) is 0 Å². The maximum atomic E-state index is 13.0. The third-order valence-corrected chi connectivity index (χ3v) is 6.19. The number of carboxylic acid groups (broad SMARTS) is 1. The number of carboxylic acids is 1. The zero-order valence-corrected chi connectivity index (χ0v) is 17.9. The molecule has 2 amide bonds. The number of benzene rings is 1. The molecule has 0 fully saturated rings. The first-order chi connectivity index (χ1) is 14.3. The zero-order chi connectivity index (χ0) is 21.7. The Bertz CT molecular complexity index is 936. The molecule has 3 N–H and O–H groups in total. The summed E-state index contributed by atoms with van der Waals surface area (Å²) in [6.07, 6.45) is 2.67. The lowest BCUT2D eigenvalue weighted by Crippen LogP contribution is -2.26. The van der Waals surface area contributed by atoms with E-state index in [1.54, 1.807) is 0 Å². The van der Waals surface area contributed by atoms with Crippen LogP contribution in [0.2, 0.25) is 0 Å². The first kappa shape index (κ1) is 22.0. The summed E-state index contributed by atoms with van der Waals surface area (Å²) >= 11 is 1.42. The summed E-state index contributed by atoms with van der Waals surface area (Å²) in [6.45, 7) is 3.66. The molecule has 8 heteroatoms. The number of ether oxygens (including phenoxy) is 1. The Morgan fingerprint density at radius 1 is 1.20 bits per heavy atom. The summed E-state index contributed by atoms with van der Waals surface area (Å²) in [6, 6.07) is 7.95. The fourth-order valence-electron chi connectivity index (χ4n) is 3.45. The number of hydrogen-bond acceptors (Lipinski definition) is 5. The first-order valence-corrected chi connectivity index (χ1v) is 10.7. The summed E-state index contributed by atoms with van der Waals surface area (Å²) in [5, 5.41) is 14.8. The Balaban J connectivity index is 1.75. The van der Waals surface area contributed by atoms with Crippen LogP contribution in [0.3, 0.4) is 0 Å². The van der Waals surface area contributed by atoms with Crippen LogP contribution >= 0.6 is 11.3 Å². The molecule has 3 rings (SSSR count). The second-order valence-electron chi connectivity index (χ2n) is 7.66. The second kappa shape index (κ2) is 9.86. The quantitative estimate of drug-likeness (QED) is 0.597. The SMILES string of the molecule is Cc1ccc(CNC(=O)c2c(NC(=O)COCC(=O)O)sc3c2CCC(C)C3)cc1. The summed E-state index contributed by atoms with van der Waals surface area (Å²) in [4.78, 5) is 36.9. The van der Waals surface area contributed by atoms with Crippen molar-refractivity contribution in [3.05, 3.63) is 51.4 Å². The van der Waals surface area contributed by atoms with Gasteiger partial charge in [0, 0.05) is 11.4 Å². The maximum absolute atomic E-state index is 13.0. The molecule has 0 bridgehead atoms. The number of fused-ring (bicyclic) bond motifs is 1. The van der Waals surface area contributed by atoms with E-state index in [2.05, 4.69) is 17.6 Å². The number of aliphatic carboxylic acids is 1. The lowest BCUT2D eigenvalue weighted by atomic mass is 9.88. The van der Waals surface area contributed by atoms with Crippen LogP contribution in [0.4, 0.5) is 5.00 Å². The van der Waals surface area contributed by atoms with Gasteiger partial charge in [-0.05, 0) is 43.2 Å². The zero-order valence-electron chi connectivity index (χ0n) is 17.1. The minimum Gasteiger partial charge on any atom is -0.480 e. The van der Waals surface area contributed by atoms with Crippen LogP contribution in [0.25, 0.3) is 0 Å². The Hall–Kier alpha value is -2.71. The largest absolute Gasteiger partial charge is 0.480 e. The van der Waals surface area contributed by atoms with Gasteiger partial charge in [0.2, 0.25) is 0 Å². The number of thiophene rings is 1. The van der Waals surface area contributed by atoms with Gasteiger partial charge >= 0.3 is 5.97 Å². The van der Waals surface area contributed by atoms with Crippen LogP contribution in [0.1, 0.15) is 45.3 Å². The van der Waals surface area contributed by atoms with E-state index in [1.165, 1.54) is 11.3 Å². The first-order valence-electron chi connectivity index (χ1n) is 9.91. The predicted octanol–water partition coefficient (Wildman–Crippen LogP) is 3.15. The lowest BCUT2D eigenvalue weighted by Gasteiger charge is -2.18. The van der Waals surface area contributed by atoms with Gasteiger partial charge in [-0.15, -0.1) is 11.3 Å². The molecule has 1 unspecified atom stereocenters. The van der Waals surface area contributed by atoms with E-state index in [1.807, 2.05) is 31.2 Å². The summed E-state index contributed by atoms with van der Waals surface area (Å²) in [7, 11) is 0. The number of nitrogens with one attached hydrogen (secondary N) is 2. The third kappa shape index (κ3) is 5.67. The van der Waals surface area contributed by atoms with Crippen molar-refractivity contribution in [1.29, 1.82) is 0 Å². The average molecular weight is 431 g/mol. The number of carbonyl (C=O) groups excluding carboxylic acids is 2. The van der Waals surface area contributed by atoms with Crippen molar-refractivity contribution in [2.45, 2.75) is 39.7 Å². The highest BCUT2D eigenvalue weighted by atomic mass is 32.1. The molecule has 1 aliphatic carbocycles. The molecule has 0 spiro atoms. The van der Waals surface area contributed by atoms with E-state index >= 15 is 0 Å². The molecule has 30 heavy (non-hydrogen) atoms. The van der Waals surface area contributed by atoms with Gasteiger partial charge in [0.1, 0.15) is 18.2 Å². The molecule has 0 radical (unpaired) electrons. The Labute approximate surface area is 179 Å². The van der Waals surface area contributed by atoms with E-state index in [4.69, 9.17) is 9.84 Å². The van der Waals surface area contributed by atoms with E-state index in [-0.39, 0.29) is 12.5 Å². The smallest absolute Gasteiger partial charge is 0.329 e. The van der Waals surface area contributed by atoms with Crippen LogP contribution in [0.15, 0.2) is 24.3 Å². The lowest BCUT2D eigenvalue weighted by molar-refractivity contribution is -0.143. The Morgan fingerprint density at radius 3 is 2.63 bits per heavy atom. The predicted molar refractivity (Wildman–Crippen MR) is 115 cm³/mol. The van der Waals surface area contributed by atoms with Crippen molar-refractivity contribution in [3.63, 3.8) is 0 Å². The van der Waals surface area contributed by atoms with E-state index in [0.717, 1.165) is 40.8 Å². The van der Waals surface area contributed by atoms with Crippen LogP contribution in [-0.4, -0.2) is 36.1 Å². The van der Waals surface area contributed by atoms with Crippen LogP contribution < -0.4 is 10.6 Å². The van der Waals surface area contributed by atoms with E-state index in [9.17, 15) is 14.4 Å². The monoisotopic (exact) mass is 430 g/mol. The molecule has 1 aliphatic rings. The Morgan fingerprint density at radius 2 is 1.93 bits per heavy atom. The second-order valence-corrected chi connectivity index (χ2v) is 8.76. The van der Waals surface area contributed by atoms with Gasteiger partial charge < -0.3 is 20.5 Å². The fraction of sp³-hybridized carbons (Fsp3) is 0.409. The molecule has 1 heterocycles. The normalized spacial score (nSPS) is 15.3. The van der Waals surface area contributed by atoms with E-state index < -0.39 is 18.5 Å². The number of rotatable bonds is 8. The van der Waals surface area contributed by atoms with Crippen molar-refractivity contribution in [2.24, 2.45) is 5.92 Å².